The van der Waals surface area contributed by atoms with Crippen molar-refractivity contribution < 1.29 is 13.2 Å². The minimum atomic E-state index is -0.861. The van der Waals surface area contributed by atoms with Gasteiger partial charge in [-0.3, -0.25) is 0 Å². The zero-order valence-corrected chi connectivity index (χ0v) is 13.0. The molecule has 0 aliphatic carbocycles. The van der Waals surface area contributed by atoms with Crippen molar-refractivity contribution in [1.82, 2.24) is 4.98 Å². The molecule has 0 aliphatic heterocycles. The van der Waals surface area contributed by atoms with Gasteiger partial charge in [-0.15, -0.1) is 11.3 Å². The van der Waals surface area contributed by atoms with Crippen molar-refractivity contribution in [3.8, 4) is 10.8 Å². The summed E-state index contributed by atoms with van der Waals surface area (Å²) in [5.41, 5.74) is 1.36. The summed E-state index contributed by atoms with van der Waals surface area (Å²) in [6, 6.07) is 7.71. The van der Waals surface area contributed by atoms with Crippen LogP contribution in [0.3, 0.4) is 0 Å². The molecule has 0 bridgehead atoms. The first-order chi connectivity index (χ1) is 10.5. The number of benzene rings is 1. The zero-order valence-electron chi connectivity index (χ0n) is 12.1. The highest BCUT2D eigenvalue weighted by molar-refractivity contribution is 7.13. The van der Waals surface area contributed by atoms with E-state index in [0.717, 1.165) is 22.4 Å². The lowest BCUT2D eigenvalue weighted by Gasteiger charge is -2.18. The standard InChI is InChI=1S/C16H14F2N2OS/c1-10-14(19-16(21-10)15-4-3-7-22-15)9-20(2)11-5-6-12(17)13(18)8-11/h3-8H,9H2,1-2H3. The molecule has 22 heavy (non-hydrogen) atoms. The Labute approximate surface area is 130 Å². The van der Waals surface area contributed by atoms with Crippen LogP contribution in [0, 0.1) is 18.6 Å². The van der Waals surface area contributed by atoms with Gasteiger partial charge in [0.1, 0.15) is 11.5 Å². The fourth-order valence-electron chi connectivity index (χ4n) is 2.12. The molecule has 0 amide bonds. The molecule has 3 aromatic rings. The van der Waals surface area contributed by atoms with Gasteiger partial charge in [-0.25, -0.2) is 13.8 Å². The van der Waals surface area contributed by atoms with Gasteiger partial charge in [-0.2, -0.15) is 0 Å². The molecule has 1 aromatic carbocycles. The van der Waals surface area contributed by atoms with Crippen LogP contribution in [0.5, 0.6) is 0 Å². The van der Waals surface area contributed by atoms with Gasteiger partial charge in [0.2, 0.25) is 5.89 Å². The maximum Gasteiger partial charge on any atom is 0.236 e. The number of thiophene rings is 1. The number of hydrogen-bond donors (Lipinski definition) is 0. The molecule has 0 spiro atoms. The SMILES string of the molecule is Cc1oc(-c2cccs2)nc1CN(C)c1ccc(F)c(F)c1. The number of aromatic nitrogens is 1. The van der Waals surface area contributed by atoms with Crippen molar-refractivity contribution >= 4 is 17.0 Å². The van der Waals surface area contributed by atoms with Crippen LogP contribution < -0.4 is 4.90 Å². The van der Waals surface area contributed by atoms with Crippen molar-refractivity contribution in [2.24, 2.45) is 0 Å². The molecule has 0 saturated carbocycles. The molecular weight excluding hydrogens is 306 g/mol. The van der Waals surface area contributed by atoms with Gasteiger partial charge >= 0.3 is 0 Å². The number of nitrogens with zero attached hydrogens (tertiary/aromatic N) is 2. The third-order valence-electron chi connectivity index (χ3n) is 3.36. The summed E-state index contributed by atoms with van der Waals surface area (Å²) < 4.78 is 32.0. The largest absolute Gasteiger partial charge is 0.440 e. The van der Waals surface area contributed by atoms with Gasteiger partial charge in [-0.05, 0) is 30.5 Å². The molecule has 0 unspecified atom stereocenters. The molecule has 3 rings (SSSR count). The predicted octanol–water partition coefficient (Wildman–Crippen LogP) is 4.63. The average molecular weight is 320 g/mol. The van der Waals surface area contributed by atoms with E-state index in [9.17, 15) is 8.78 Å². The van der Waals surface area contributed by atoms with Crippen LogP contribution in [-0.4, -0.2) is 12.0 Å². The van der Waals surface area contributed by atoms with Crippen LogP contribution in [0.15, 0.2) is 40.1 Å². The average Bonchev–Trinajstić information content (AvgIpc) is 3.12. The first-order valence-electron chi connectivity index (χ1n) is 6.71. The summed E-state index contributed by atoms with van der Waals surface area (Å²) >= 11 is 1.56. The van der Waals surface area contributed by atoms with Crippen molar-refractivity contribution in [2.75, 3.05) is 11.9 Å². The van der Waals surface area contributed by atoms with E-state index in [0.29, 0.717) is 18.1 Å². The first kappa shape index (κ1) is 14.7. The molecule has 0 N–H and O–H groups in total. The highest BCUT2D eigenvalue weighted by Crippen LogP contribution is 2.27. The Balaban J connectivity index is 1.82. The monoisotopic (exact) mass is 320 g/mol. The number of oxazole rings is 1. The van der Waals surface area contributed by atoms with E-state index in [-0.39, 0.29) is 0 Å². The van der Waals surface area contributed by atoms with Gasteiger partial charge in [0.25, 0.3) is 0 Å². The molecule has 2 heterocycles. The normalized spacial score (nSPS) is 10.9. The second-order valence-corrected chi connectivity index (χ2v) is 5.90. The molecule has 0 aliphatic rings. The Morgan fingerprint density at radius 1 is 1.23 bits per heavy atom. The summed E-state index contributed by atoms with van der Waals surface area (Å²) in [5.74, 6) is -0.408. The maximum atomic E-state index is 13.3. The van der Waals surface area contributed by atoms with E-state index < -0.39 is 11.6 Å². The van der Waals surface area contributed by atoms with Gasteiger partial charge in [0.05, 0.1) is 11.4 Å². The predicted molar refractivity (Wildman–Crippen MR) is 83.0 cm³/mol. The minimum Gasteiger partial charge on any atom is -0.440 e. The van der Waals surface area contributed by atoms with E-state index in [1.807, 2.05) is 24.4 Å². The highest BCUT2D eigenvalue weighted by atomic mass is 32.1. The number of anilines is 1. The second-order valence-electron chi connectivity index (χ2n) is 4.95. The molecular formula is C16H14F2N2OS. The minimum absolute atomic E-state index is 0.450. The Morgan fingerprint density at radius 2 is 2.05 bits per heavy atom. The number of rotatable bonds is 4. The Hall–Kier alpha value is -2.21. The summed E-state index contributed by atoms with van der Waals surface area (Å²) in [6.45, 7) is 2.30. The molecule has 0 saturated heterocycles. The van der Waals surface area contributed by atoms with Gasteiger partial charge < -0.3 is 9.32 Å². The smallest absolute Gasteiger partial charge is 0.236 e. The number of halogens is 2. The van der Waals surface area contributed by atoms with Crippen molar-refractivity contribution in [3.63, 3.8) is 0 Å². The third-order valence-corrected chi connectivity index (χ3v) is 4.21. The van der Waals surface area contributed by atoms with Crippen LogP contribution >= 0.6 is 11.3 Å². The third kappa shape index (κ3) is 2.87. The lowest BCUT2D eigenvalue weighted by Crippen LogP contribution is -2.17. The summed E-state index contributed by atoms with van der Waals surface area (Å²) in [4.78, 5) is 7.25. The zero-order chi connectivity index (χ0) is 15.7. The molecule has 114 valence electrons. The van der Waals surface area contributed by atoms with Gasteiger partial charge in [0.15, 0.2) is 11.6 Å². The molecule has 3 nitrogen and oxygen atoms in total. The summed E-state index contributed by atoms with van der Waals surface area (Å²) in [6.07, 6.45) is 0. The van der Waals surface area contributed by atoms with E-state index in [1.54, 1.807) is 23.3 Å². The second kappa shape index (κ2) is 5.88. The van der Waals surface area contributed by atoms with E-state index in [2.05, 4.69) is 4.98 Å². The Bertz CT molecular complexity index is 784. The highest BCUT2D eigenvalue weighted by Gasteiger charge is 2.15. The van der Waals surface area contributed by atoms with Crippen LogP contribution in [0.2, 0.25) is 0 Å². The molecule has 0 atom stereocenters. The van der Waals surface area contributed by atoms with E-state index in [1.165, 1.54) is 12.1 Å². The molecule has 0 fully saturated rings. The molecule has 2 aromatic heterocycles. The van der Waals surface area contributed by atoms with Crippen molar-refractivity contribution in [2.45, 2.75) is 13.5 Å². The van der Waals surface area contributed by atoms with Gasteiger partial charge in [0, 0.05) is 18.8 Å². The lowest BCUT2D eigenvalue weighted by atomic mass is 10.2. The maximum absolute atomic E-state index is 13.3. The van der Waals surface area contributed by atoms with Crippen LogP contribution in [0.1, 0.15) is 11.5 Å². The lowest BCUT2D eigenvalue weighted by molar-refractivity contribution is 0.508. The summed E-state index contributed by atoms with van der Waals surface area (Å²) in [5, 5.41) is 1.96. The van der Waals surface area contributed by atoms with E-state index >= 15 is 0 Å². The van der Waals surface area contributed by atoms with Crippen molar-refractivity contribution in [1.29, 1.82) is 0 Å². The number of aryl methyl sites for hydroxylation is 1. The fourth-order valence-corrected chi connectivity index (χ4v) is 2.77. The topological polar surface area (TPSA) is 29.3 Å². The van der Waals surface area contributed by atoms with E-state index in [4.69, 9.17) is 4.42 Å². The van der Waals surface area contributed by atoms with Crippen LogP contribution in [0.4, 0.5) is 14.5 Å². The van der Waals surface area contributed by atoms with Crippen LogP contribution in [0.25, 0.3) is 10.8 Å². The number of hydrogen-bond acceptors (Lipinski definition) is 4. The summed E-state index contributed by atoms with van der Waals surface area (Å²) in [7, 11) is 1.80. The van der Waals surface area contributed by atoms with Crippen LogP contribution in [-0.2, 0) is 6.54 Å². The Morgan fingerprint density at radius 3 is 2.73 bits per heavy atom. The van der Waals surface area contributed by atoms with Crippen molar-refractivity contribution in [3.05, 3.63) is 58.8 Å². The first-order valence-corrected chi connectivity index (χ1v) is 7.59. The molecule has 0 radical (unpaired) electrons. The Kier molecular flexibility index (Phi) is 3.94. The van der Waals surface area contributed by atoms with Gasteiger partial charge in [-0.1, -0.05) is 6.07 Å². The molecule has 6 heteroatoms. The fraction of sp³-hybridized carbons (Fsp3) is 0.188. The quantitative estimate of drug-likeness (QED) is 0.702.